The number of aromatic nitrogens is 2. The minimum absolute atomic E-state index is 0.156. The van der Waals surface area contributed by atoms with Crippen molar-refractivity contribution in [3.8, 4) is 0 Å². The molecule has 1 aromatic heterocycles. The van der Waals surface area contributed by atoms with E-state index in [0.717, 1.165) is 38.8 Å². The molecule has 1 aliphatic rings. The molecule has 1 saturated heterocycles. The Bertz CT molecular complexity index is 368. The summed E-state index contributed by atoms with van der Waals surface area (Å²) in [6.45, 7) is 4.58. The molecule has 0 saturated carbocycles. The summed E-state index contributed by atoms with van der Waals surface area (Å²) in [5.41, 5.74) is -0.314. The van der Waals surface area contributed by atoms with Gasteiger partial charge in [-0.15, -0.1) is 0 Å². The second kappa shape index (κ2) is 6.00. The van der Waals surface area contributed by atoms with Crippen LogP contribution in [-0.4, -0.2) is 34.3 Å². The molecule has 2 rings (SSSR count). The quantitative estimate of drug-likeness (QED) is 0.738. The van der Waals surface area contributed by atoms with Gasteiger partial charge in [-0.25, -0.2) is 0 Å². The molecule has 5 nitrogen and oxygen atoms in total. The second-order valence-electron chi connectivity index (χ2n) is 4.84. The van der Waals surface area contributed by atoms with Gasteiger partial charge in [0.1, 0.15) is 0 Å². The van der Waals surface area contributed by atoms with Gasteiger partial charge in [-0.2, -0.15) is 5.10 Å². The lowest BCUT2D eigenvalue weighted by molar-refractivity contribution is -0.127. The van der Waals surface area contributed by atoms with Crippen LogP contribution in [0.15, 0.2) is 18.5 Å². The van der Waals surface area contributed by atoms with Gasteiger partial charge in [0.05, 0.1) is 5.54 Å². The molecule has 0 spiro atoms. The maximum Gasteiger partial charge on any atom is 0.240 e. The number of rotatable bonds is 6. The van der Waals surface area contributed by atoms with Crippen molar-refractivity contribution < 1.29 is 4.79 Å². The standard InChI is InChI=1S/C13H22N4O/c1-2-13(6-3-8-15-13)12(18)14-7-4-10-17-11-5-9-16-17/h5,9,11,15H,2-4,6-8,10H2,1H3,(H,14,18). The summed E-state index contributed by atoms with van der Waals surface area (Å²) in [6.07, 6.45) is 7.52. The summed E-state index contributed by atoms with van der Waals surface area (Å²) in [5, 5.41) is 10.5. The number of amides is 1. The predicted octanol–water partition coefficient (Wildman–Crippen LogP) is 0.922. The minimum Gasteiger partial charge on any atom is -0.354 e. The van der Waals surface area contributed by atoms with Gasteiger partial charge >= 0.3 is 0 Å². The highest BCUT2D eigenvalue weighted by Gasteiger charge is 2.38. The Labute approximate surface area is 108 Å². The van der Waals surface area contributed by atoms with Crippen LogP contribution in [0.4, 0.5) is 0 Å². The fourth-order valence-corrected chi connectivity index (χ4v) is 2.51. The molecule has 1 aliphatic heterocycles. The summed E-state index contributed by atoms with van der Waals surface area (Å²) in [6, 6.07) is 1.91. The van der Waals surface area contributed by atoms with Crippen molar-refractivity contribution in [3.05, 3.63) is 18.5 Å². The van der Waals surface area contributed by atoms with Crippen LogP contribution in [0, 0.1) is 0 Å². The molecule has 0 bridgehead atoms. The normalized spacial score (nSPS) is 23.2. The van der Waals surface area contributed by atoms with Gasteiger partial charge in [-0.1, -0.05) is 6.92 Å². The van der Waals surface area contributed by atoms with Crippen LogP contribution < -0.4 is 10.6 Å². The molecule has 1 unspecified atom stereocenters. The molecular weight excluding hydrogens is 228 g/mol. The third-order valence-electron chi connectivity index (χ3n) is 3.69. The Morgan fingerprint density at radius 3 is 3.11 bits per heavy atom. The third-order valence-corrected chi connectivity index (χ3v) is 3.69. The van der Waals surface area contributed by atoms with Crippen LogP contribution in [0.3, 0.4) is 0 Å². The molecule has 1 aromatic rings. The van der Waals surface area contributed by atoms with E-state index in [1.807, 2.05) is 16.9 Å². The van der Waals surface area contributed by atoms with Crippen LogP contribution in [0.1, 0.15) is 32.6 Å². The average Bonchev–Trinajstić information content (AvgIpc) is 3.05. The van der Waals surface area contributed by atoms with E-state index in [9.17, 15) is 4.79 Å². The first-order valence-corrected chi connectivity index (χ1v) is 6.77. The number of carbonyl (C=O) groups is 1. The molecule has 18 heavy (non-hydrogen) atoms. The molecular formula is C13H22N4O. The van der Waals surface area contributed by atoms with Gasteiger partial charge in [0.15, 0.2) is 0 Å². The SMILES string of the molecule is CCC1(C(=O)NCCCn2cccn2)CCCN1. The molecule has 1 amide bonds. The highest BCUT2D eigenvalue weighted by molar-refractivity contribution is 5.86. The Kier molecular flexibility index (Phi) is 4.36. The van der Waals surface area contributed by atoms with Crippen LogP contribution in [0.2, 0.25) is 0 Å². The van der Waals surface area contributed by atoms with Crippen LogP contribution >= 0.6 is 0 Å². The van der Waals surface area contributed by atoms with E-state index >= 15 is 0 Å². The number of aryl methyl sites for hydroxylation is 1. The first-order valence-electron chi connectivity index (χ1n) is 6.77. The van der Waals surface area contributed by atoms with Crippen molar-refractivity contribution in [3.63, 3.8) is 0 Å². The number of carbonyl (C=O) groups excluding carboxylic acids is 1. The summed E-state index contributed by atoms with van der Waals surface area (Å²) < 4.78 is 1.88. The monoisotopic (exact) mass is 250 g/mol. The Morgan fingerprint density at radius 1 is 1.61 bits per heavy atom. The van der Waals surface area contributed by atoms with E-state index in [1.54, 1.807) is 6.20 Å². The van der Waals surface area contributed by atoms with Gasteiger partial charge in [-0.05, 0) is 38.3 Å². The Hall–Kier alpha value is -1.36. The highest BCUT2D eigenvalue weighted by Crippen LogP contribution is 2.22. The summed E-state index contributed by atoms with van der Waals surface area (Å²) in [7, 11) is 0. The van der Waals surface area contributed by atoms with E-state index in [1.165, 1.54) is 0 Å². The van der Waals surface area contributed by atoms with E-state index in [2.05, 4.69) is 22.7 Å². The molecule has 1 atom stereocenters. The van der Waals surface area contributed by atoms with Crippen LogP contribution in [0.5, 0.6) is 0 Å². The maximum absolute atomic E-state index is 12.2. The number of nitrogens with zero attached hydrogens (tertiary/aromatic N) is 2. The molecule has 100 valence electrons. The summed E-state index contributed by atoms with van der Waals surface area (Å²) >= 11 is 0. The maximum atomic E-state index is 12.2. The number of hydrogen-bond acceptors (Lipinski definition) is 3. The van der Waals surface area contributed by atoms with E-state index in [4.69, 9.17) is 0 Å². The largest absolute Gasteiger partial charge is 0.354 e. The van der Waals surface area contributed by atoms with Crippen molar-refractivity contribution in [2.24, 2.45) is 0 Å². The smallest absolute Gasteiger partial charge is 0.240 e. The first-order chi connectivity index (χ1) is 8.77. The topological polar surface area (TPSA) is 59.0 Å². The minimum atomic E-state index is -0.314. The second-order valence-corrected chi connectivity index (χ2v) is 4.84. The van der Waals surface area contributed by atoms with Crippen molar-refractivity contribution in [1.82, 2.24) is 20.4 Å². The van der Waals surface area contributed by atoms with E-state index in [-0.39, 0.29) is 11.4 Å². The zero-order valence-electron chi connectivity index (χ0n) is 11.0. The van der Waals surface area contributed by atoms with Gasteiger partial charge < -0.3 is 10.6 Å². The zero-order chi connectivity index (χ0) is 12.8. The Balaban J connectivity index is 1.71. The third kappa shape index (κ3) is 2.90. The van der Waals surface area contributed by atoms with Gasteiger partial charge in [0.2, 0.25) is 5.91 Å². The van der Waals surface area contributed by atoms with Gasteiger partial charge in [0.25, 0.3) is 0 Å². The molecule has 1 fully saturated rings. The first kappa shape index (κ1) is 13.1. The van der Waals surface area contributed by atoms with Crippen LogP contribution in [0.25, 0.3) is 0 Å². The fourth-order valence-electron chi connectivity index (χ4n) is 2.51. The zero-order valence-corrected chi connectivity index (χ0v) is 11.0. The van der Waals surface area contributed by atoms with Crippen molar-refractivity contribution in [2.45, 2.75) is 44.7 Å². The molecule has 0 aliphatic carbocycles. The van der Waals surface area contributed by atoms with Crippen molar-refractivity contribution >= 4 is 5.91 Å². The van der Waals surface area contributed by atoms with Gasteiger partial charge in [-0.3, -0.25) is 9.48 Å². The van der Waals surface area contributed by atoms with Crippen molar-refractivity contribution in [1.29, 1.82) is 0 Å². The summed E-state index contributed by atoms with van der Waals surface area (Å²) in [5.74, 6) is 0.156. The van der Waals surface area contributed by atoms with Gasteiger partial charge in [0, 0.05) is 25.5 Å². The van der Waals surface area contributed by atoms with Crippen LogP contribution in [-0.2, 0) is 11.3 Å². The highest BCUT2D eigenvalue weighted by atomic mass is 16.2. The number of nitrogens with one attached hydrogen (secondary N) is 2. The van der Waals surface area contributed by atoms with E-state index in [0.29, 0.717) is 6.54 Å². The number of hydrogen-bond donors (Lipinski definition) is 2. The molecule has 0 aromatic carbocycles. The molecule has 0 radical (unpaired) electrons. The Morgan fingerprint density at radius 2 is 2.50 bits per heavy atom. The predicted molar refractivity (Wildman–Crippen MR) is 70.1 cm³/mol. The lowest BCUT2D eigenvalue weighted by Crippen LogP contribution is -2.53. The summed E-state index contributed by atoms with van der Waals surface area (Å²) in [4.78, 5) is 12.2. The molecule has 2 heterocycles. The molecule has 2 N–H and O–H groups in total. The lowest BCUT2D eigenvalue weighted by atomic mass is 9.93. The fraction of sp³-hybridized carbons (Fsp3) is 0.692. The van der Waals surface area contributed by atoms with E-state index < -0.39 is 0 Å². The van der Waals surface area contributed by atoms with Crippen molar-refractivity contribution in [2.75, 3.05) is 13.1 Å². The molecule has 5 heteroatoms. The average molecular weight is 250 g/mol. The lowest BCUT2D eigenvalue weighted by Gasteiger charge is -2.26.